The molecule has 1 N–H and O–H groups in total. The summed E-state index contributed by atoms with van der Waals surface area (Å²) >= 11 is 0. The van der Waals surface area contributed by atoms with Crippen molar-refractivity contribution in [3.8, 4) is 16.9 Å². The van der Waals surface area contributed by atoms with Gasteiger partial charge in [-0.3, -0.25) is 9.69 Å². The number of nitrogens with zero attached hydrogens (tertiary/aromatic N) is 3. The Hall–Kier alpha value is -2.99. The van der Waals surface area contributed by atoms with Crippen molar-refractivity contribution in [2.75, 3.05) is 13.1 Å². The van der Waals surface area contributed by atoms with Crippen molar-refractivity contribution in [1.29, 1.82) is 0 Å². The number of benzene rings is 2. The number of aromatic nitrogens is 2. The van der Waals surface area contributed by atoms with Gasteiger partial charge in [-0.2, -0.15) is 5.10 Å². The lowest BCUT2D eigenvalue weighted by Gasteiger charge is -2.29. The van der Waals surface area contributed by atoms with Crippen molar-refractivity contribution in [1.82, 2.24) is 14.7 Å². The molecular weight excluding hydrogens is 369 g/mol. The molecular formula is C23H24FN3O2. The molecule has 4 rings (SSSR count). The second-order valence-electron chi connectivity index (χ2n) is 7.68. The van der Waals surface area contributed by atoms with Gasteiger partial charge in [0.25, 0.3) is 0 Å². The third kappa shape index (κ3) is 4.38. The minimum absolute atomic E-state index is 0.252. The number of halogens is 1. The van der Waals surface area contributed by atoms with Gasteiger partial charge in [0, 0.05) is 23.9 Å². The highest BCUT2D eigenvalue weighted by atomic mass is 19.1. The first-order valence-corrected chi connectivity index (χ1v) is 9.86. The average molecular weight is 393 g/mol. The van der Waals surface area contributed by atoms with Gasteiger partial charge in [0.1, 0.15) is 5.82 Å². The van der Waals surface area contributed by atoms with Gasteiger partial charge >= 0.3 is 5.97 Å². The number of hydrogen-bond donors (Lipinski definition) is 1. The second kappa shape index (κ2) is 8.17. The van der Waals surface area contributed by atoms with Crippen LogP contribution in [-0.4, -0.2) is 38.8 Å². The molecule has 29 heavy (non-hydrogen) atoms. The highest BCUT2D eigenvalue weighted by molar-refractivity contribution is 5.70. The molecule has 1 aliphatic heterocycles. The van der Waals surface area contributed by atoms with Gasteiger partial charge < -0.3 is 5.11 Å². The van der Waals surface area contributed by atoms with Gasteiger partial charge in [0.15, 0.2) is 0 Å². The summed E-state index contributed by atoms with van der Waals surface area (Å²) in [6.07, 6.45) is 3.34. The smallest absolute Gasteiger partial charge is 0.306 e. The van der Waals surface area contributed by atoms with Crippen LogP contribution in [-0.2, 0) is 11.3 Å². The quantitative estimate of drug-likeness (QED) is 0.703. The van der Waals surface area contributed by atoms with E-state index < -0.39 is 5.97 Å². The Morgan fingerprint density at radius 1 is 1.10 bits per heavy atom. The summed E-state index contributed by atoms with van der Waals surface area (Å²) in [6.45, 7) is 4.22. The highest BCUT2D eigenvalue weighted by Gasteiger charge is 2.25. The molecule has 0 spiro atoms. The largest absolute Gasteiger partial charge is 0.481 e. The van der Waals surface area contributed by atoms with E-state index in [1.165, 1.54) is 17.7 Å². The lowest BCUT2D eigenvalue weighted by molar-refractivity contribution is -0.143. The number of carboxylic acid groups (broad SMARTS) is 1. The van der Waals surface area contributed by atoms with E-state index in [0.29, 0.717) is 19.4 Å². The zero-order valence-electron chi connectivity index (χ0n) is 16.4. The zero-order valence-corrected chi connectivity index (χ0v) is 16.4. The highest BCUT2D eigenvalue weighted by Crippen LogP contribution is 2.27. The summed E-state index contributed by atoms with van der Waals surface area (Å²) in [5.74, 6) is -1.23. The predicted octanol–water partition coefficient (Wildman–Crippen LogP) is 4.28. The van der Waals surface area contributed by atoms with Crippen LogP contribution in [0.4, 0.5) is 4.39 Å². The summed E-state index contributed by atoms with van der Waals surface area (Å²) < 4.78 is 15.3. The Labute approximate surface area is 169 Å². The van der Waals surface area contributed by atoms with Gasteiger partial charge in [-0.15, -0.1) is 0 Å². The summed E-state index contributed by atoms with van der Waals surface area (Å²) in [6, 6.07) is 14.5. The number of piperidine rings is 1. The van der Waals surface area contributed by atoms with Crippen LogP contribution in [0.15, 0.2) is 54.7 Å². The van der Waals surface area contributed by atoms with Crippen LogP contribution in [0.5, 0.6) is 0 Å². The lowest BCUT2D eigenvalue weighted by Crippen LogP contribution is -2.35. The van der Waals surface area contributed by atoms with Crippen molar-refractivity contribution < 1.29 is 14.3 Å². The molecule has 1 aromatic heterocycles. The van der Waals surface area contributed by atoms with Crippen LogP contribution in [0, 0.1) is 18.7 Å². The van der Waals surface area contributed by atoms with Crippen LogP contribution in [0.2, 0.25) is 0 Å². The third-order valence-corrected chi connectivity index (χ3v) is 5.54. The average Bonchev–Trinajstić information content (AvgIpc) is 3.13. The number of carbonyl (C=O) groups is 1. The Balaban J connectivity index is 1.63. The maximum Gasteiger partial charge on any atom is 0.306 e. The molecule has 6 heteroatoms. The summed E-state index contributed by atoms with van der Waals surface area (Å²) in [5.41, 5.74) is 4.89. The van der Waals surface area contributed by atoms with Gasteiger partial charge in [0.2, 0.25) is 0 Å². The van der Waals surface area contributed by atoms with Crippen LogP contribution >= 0.6 is 0 Å². The van der Waals surface area contributed by atoms with Crippen LogP contribution in [0.1, 0.15) is 24.0 Å². The molecule has 0 radical (unpaired) electrons. The van der Waals surface area contributed by atoms with E-state index in [4.69, 9.17) is 5.10 Å². The number of carboxylic acids is 1. The van der Waals surface area contributed by atoms with Crippen molar-refractivity contribution in [2.45, 2.75) is 26.3 Å². The fraction of sp³-hybridized carbons (Fsp3) is 0.304. The molecule has 2 aromatic carbocycles. The zero-order chi connectivity index (χ0) is 20.4. The molecule has 1 saturated heterocycles. The van der Waals surface area contributed by atoms with Gasteiger partial charge in [0.05, 0.1) is 17.3 Å². The van der Waals surface area contributed by atoms with Crippen LogP contribution < -0.4 is 0 Å². The van der Waals surface area contributed by atoms with Crippen molar-refractivity contribution in [3.05, 3.63) is 71.7 Å². The van der Waals surface area contributed by atoms with E-state index in [1.54, 1.807) is 12.1 Å². The molecule has 0 unspecified atom stereocenters. The summed E-state index contributed by atoms with van der Waals surface area (Å²) in [7, 11) is 0. The van der Waals surface area contributed by atoms with Crippen LogP contribution in [0.3, 0.4) is 0 Å². The van der Waals surface area contributed by atoms with Gasteiger partial charge in [-0.1, -0.05) is 17.7 Å². The van der Waals surface area contributed by atoms with E-state index in [1.807, 2.05) is 42.1 Å². The molecule has 3 aromatic rings. The standard InChI is InChI=1S/C23H24FN3O2/c1-16-2-8-21(9-3-16)27-15-19(14-26-12-10-18(11-13-26)23(28)29)22(25-27)17-4-6-20(24)7-5-17/h2-9,15,18H,10-14H2,1H3,(H,28,29). The summed E-state index contributed by atoms with van der Waals surface area (Å²) in [5, 5.41) is 14.0. The lowest BCUT2D eigenvalue weighted by atomic mass is 9.96. The van der Waals surface area contributed by atoms with E-state index in [2.05, 4.69) is 4.90 Å². The molecule has 0 atom stereocenters. The molecule has 1 fully saturated rings. The third-order valence-electron chi connectivity index (χ3n) is 5.54. The molecule has 0 saturated carbocycles. The first-order chi connectivity index (χ1) is 14.0. The van der Waals surface area contributed by atoms with E-state index >= 15 is 0 Å². The fourth-order valence-electron chi connectivity index (χ4n) is 3.78. The first kappa shape index (κ1) is 19.3. The first-order valence-electron chi connectivity index (χ1n) is 9.86. The van der Waals surface area contributed by atoms with E-state index in [9.17, 15) is 14.3 Å². The fourth-order valence-corrected chi connectivity index (χ4v) is 3.78. The Bertz CT molecular complexity index is 988. The molecule has 2 heterocycles. The maximum absolute atomic E-state index is 13.4. The Kier molecular flexibility index (Phi) is 5.45. The van der Waals surface area contributed by atoms with Crippen molar-refractivity contribution in [3.63, 3.8) is 0 Å². The minimum atomic E-state index is -0.705. The molecule has 1 aliphatic rings. The maximum atomic E-state index is 13.4. The number of aryl methyl sites for hydroxylation is 1. The van der Waals surface area contributed by atoms with E-state index in [-0.39, 0.29) is 11.7 Å². The number of rotatable bonds is 5. The monoisotopic (exact) mass is 393 g/mol. The molecule has 0 aliphatic carbocycles. The van der Waals surface area contributed by atoms with Crippen LogP contribution in [0.25, 0.3) is 16.9 Å². The number of likely N-dealkylation sites (tertiary alicyclic amines) is 1. The van der Waals surface area contributed by atoms with Crippen molar-refractivity contribution in [2.24, 2.45) is 5.92 Å². The van der Waals surface area contributed by atoms with Gasteiger partial charge in [-0.25, -0.2) is 9.07 Å². The molecule has 0 bridgehead atoms. The molecule has 0 amide bonds. The summed E-state index contributed by atoms with van der Waals surface area (Å²) in [4.78, 5) is 13.5. The minimum Gasteiger partial charge on any atom is -0.481 e. The van der Waals surface area contributed by atoms with Gasteiger partial charge in [-0.05, 0) is 69.3 Å². The Morgan fingerprint density at radius 2 is 1.76 bits per heavy atom. The Morgan fingerprint density at radius 3 is 2.38 bits per heavy atom. The predicted molar refractivity (Wildman–Crippen MR) is 109 cm³/mol. The van der Waals surface area contributed by atoms with Crippen molar-refractivity contribution >= 4 is 5.97 Å². The second-order valence-corrected chi connectivity index (χ2v) is 7.68. The topological polar surface area (TPSA) is 58.4 Å². The molecule has 150 valence electrons. The van der Waals surface area contributed by atoms with E-state index in [0.717, 1.165) is 35.6 Å². The SMILES string of the molecule is Cc1ccc(-n2cc(CN3CCC(C(=O)O)CC3)c(-c3ccc(F)cc3)n2)cc1. The number of hydrogen-bond acceptors (Lipinski definition) is 3. The molecule has 5 nitrogen and oxygen atoms in total. The normalized spacial score (nSPS) is 15.5. The number of aliphatic carboxylic acids is 1.